The van der Waals surface area contributed by atoms with Crippen molar-refractivity contribution in [3.05, 3.63) is 94.0 Å². The van der Waals surface area contributed by atoms with E-state index in [4.69, 9.17) is 61.6 Å². The quantitative estimate of drug-likeness (QED) is 0.0312. The van der Waals surface area contributed by atoms with Gasteiger partial charge in [0.15, 0.2) is 0 Å². The number of halogens is 3. The molecule has 0 fully saturated rings. The normalized spacial score (nSPS) is 11.5. The van der Waals surface area contributed by atoms with Gasteiger partial charge in [0.2, 0.25) is 0 Å². The number of nitro groups is 1. The number of esters is 1. The van der Waals surface area contributed by atoms with Gasteiger partial charge in [-0.1, -0.05) is 18.2 Å². The third-order valence-corrected chi connectivity index (χ3v) is 8.34. The fraction of sp³-hybridized carbons (Fsp3) is 0.568. The first-order chi connectivity index (χ1) is 31.7. The largest absolute Gasteiger partial charge is 0.491 e. The van der Waals surface area contributed by atoms with Crippen molar-refractivity contribution in [3.63, 3.8) is 0 Å². The smallest absolute Gasteiger partial charge is 0.416 e. The molecular weight excluding hydrogens is 869 g/mol. The highest BCUT2D eigenvalue weighted by Gasteiger charge is 2.30. The maximum absolute atomic E-state index is 13.1. The number of ether oxygens (including phenoxy) is 13. The van der Waals surface area contributed by atoms with E-state index in [0.29, 0.717) is 150 Å². The predicted molar refractivity (Wildman–Crippen MR) is 229 cm³/mol. The van der Waals surface area contributed by atoms with Gasteiger partial charge in [0.25, 0.3) is 5.69 Å². The van der Waals surface area contributed by atoms with E-state index in [0.717, 1.165) is 12.1 Å². The average Bonchev–Trinajstić information content (AvgIpc) is 3.30. The number of hydrogen-bond acceptors (Lipinski definition) is 17. The zero-order valence-corrected chi connectivity index (χ0v) is 36.5. The van der Waals surface area contributed by atoms with Crippen LogP contribution < -0.4 is 10.1 Å². The monoisotopic (exact) mass is 930 g/mol. The Bertz CT molecular complexity index is 1680. The number of carbonyl (C=O) groups excluding carboxylic acids is 1. The molecule has 0 heterocycles. The zero-order valence-electron chi connectivity index (χ0n) is 36.5. The van der Waals surface area contributed by atoms with Gasteiger partial charge >= 0.3 is 12.1 Å². The second kappa shape index (κ2) is 35.7. The highest BCUT2D eigenvalue weighted by atomic mass is 19.4. The summed E-state index contributed by atoms with van der Waals surface area (Å²) in [5, 5.41) is 13.5. The number of para-hydroxylation sites is 1. The number of benzene rings is 3. The highest BCUT2D eigenvalue weighted by molar-refractivity contribution is 5.96. The number of rotatable bonds is 41. The van der Waals surface area contributed by atoms with Crippen LogP contribution in [0.15, 0.2) is 72.8 Å². The Balaban J connectivity index is 0.956. The molecule has 3 aromatic carbocycles. The van der Waals surface area contributed by atoms with Crippen molar-refractivity contribution in [1.82, 2.24) is 0 Å². The minimum absolute atomic E-state index is 0.0119. The Hall–Kier alpha value is -4.52. The Morgan fingerprint density at radius 2 is 0.877 bits per heavy atom. The molecule has 65 heavy (non-hydrogen) atoms. The fourth-order valence-electron chi connectivity index (χ4n) is 5.15. The molecule has 364 valence electrons. The standard InChI is InChI=1S/C44H61F3N2O16/c45-44(46,47)37-4-3-5-38(36-37)48-42-7-2-1-6-41(42)43(50)65-35-33-63-31-29-61-27-25-59-23-21-57-19-17-55-15-13-53-12-14-54-16-18-56-20-22-58-24-26-60-28-30-62-32-34-64-40-10-8-39(9-11-40)49(51)52/h1-11,36,48H,12-35H2. The lowest BCUT2D eigenvalue weighted by atomic mass is 10.1. The van der Waals surface area contributed by atoms with Gasteiger partial charge in [-0.25, -0.2) is 4.79 Å². The van der Waals surface area contributed by atoms with E-state index in [-0.39, 0.29) is 36.8 Å². The SMILES string of the molecule is O=C(OCCOCCOCCOCCOCCOCCOCCOCCOCCOCCOCCOCCOc1ccc([N+](=O)[O-])cc1)c1ccccc1Nc1cccc(C(F)(F)F)c1. The molecule has 0 aliphatic carbocycles. The minimum atomic E-state index is -4.49. The summed E-state index contributed by atoms with van der Waals surface area (Å²) in [5.74, 6) is -0.0949. The van der Waals surface area contributed by atoms with Crippen LogP contribution in [0.5, 0.6) is 5.75 Å². The molecule has 0 amide bonds. The van der Waals surface area contributed by atoms with Gasteiger partial charge in [-0.15, -0.1) is 0 Å². The van der Waals surface area contributed by atoms with E-state index in [9.17, 15) is 28.1 Å². The van der Waals surface area contributed by atoms with E-state index in [2.05, 4.69) is 5.32 Å². The summed E-state index contributed by atoms with van der Waals surface area (Å²) in [5.41, 5.74) is -0.106. The van der Waals surface area contributed by atoms with Crippen molar-refractivity contribution >= 4 is 23.0 Å². The van der Waals surface area contributed by atoms with Crippen LogP contribution in [0.4, 0.5) is 30.2 Å². The number of nitrogens with zero attached hydrogens (tertiary/aromatic N) is 1. The van der Waals surface area contributed by atoms with Gasteiger partial charge in [-0.3, -0.25) is 10.1 Å². The Morgan fingerprint density at radius 1 is 0.492 bits per heavy atom. The van der Waals surface area contributed by atoms with Crippen LogP contribution in [-0.2, 0) is 63.0 Å². The highest BCUT2D eigenvalue weighted by Crippen LogP contribution is 2.32. The van der Waals surface area contributed by atoms with Crippen LogP contribution in [0.2, 0.25) is 0 Å². The lowest BCUT2D eigenvalue weighted by Gasteiger charge is -2.13. The molecule has 3 rings (SSSR count). The number of nitrogens with one attached hydrogen (secondary N) is 1. The van der Waals surface area contributed by atoms with E-state index < -0.39 is 22.6 Å². The summed E-state index contributed by atoms with van der Waals surface area (Å²) in [4.78, 5) is 22.8. The molecule has 0 unspecified atom stereocenters. The molecule has 0 aliphatic heterocycles. The number of anilines is 2. The molecule has 21 heteroatoms. The first kappa shape index (κ1) is 54.8. The number of non-ortho nitro benzene ring substituents is 1. The number of hydrogen-bond donors (Lipinski definition) is 1. The molecule has 3 aromatic rings. The second-order valence-corrected chi connectivity index (χ2v) is 13.2. The summed E-state index contributed by atoms with van der Waals surface area (Å²) >= 11 is 0. The summed E-state index contributed by atoms with van der Waals surface area (Å²) < 4.78 is 110. The summed E-state index contributed by atoms with van der Waals surface area (Å²) in [6.07, 6.45) is -4.49. The Labute approximate surface area is 376 Å². The number of carbonyl (C=O) groups is 1. The number of alkyl halides is 3. The molecule has 0 aromatic heterocycles. The lowest BCUT2D eigenvalue weighted by molar-refractivity contribution is -0.384. The van der Waals surface area contributed by atoms with Crippen LogP contribution in [0.25, 0.3) is 0 Å². The van der Waals surface area contributed by atoms with Crippen molar-refractivity contribution in [2.45, 2.75) is 6.18 Å². The van der Waals surface area contributed by atoms with Gasteiger partial charge in [0, 0.05) is 17.8 Å². The fourth-order valence-corrected chi connectivity index (χ4v) is 5.15. The van der Waals surface area contributed by atoms with Gasteiger partial charge in [0.05, 0.1) is 167 Å². The molecule has 18 nitrogen and oxygen atoms in total. The van der Waals surface area contributed by atoms with E-state index in [1.54, 1.807) is 30.3 Å². The second-order valence-electron chi connectivity index (χ2n) is 13.2. The lowest BCUT2D eigenvalue weighted by Crippen LogP contribution is -2.16. The van der Waals surface area contributed by atoms with Crippen LogP contribution >= 0.6 is 0 Å². The van der Waals surface area contributed by atoms with Crippen LogP contribution in [-0.4, -0.2) is 169 Å². The van der Waals surface area contributed by atoms with Crippen LogP contribution in [0.1, 0.15) is 15.9 Å². The summed E-state index contributed by atoms with van der Waals surface area (Å²) in [6, 6.07) is 17.0. The zero-order chi connectivity index (χ0) is 46.5. The molecule has 0 bridgehead atoms. The first-order valence-electron chi connectivity index (χ1n) is 21.2. The molecule has 0 saturated heterocycles. The summed E-state index contributed by atoms with van der Waals surface area (Å²) in [6.45, 7) is 9.23. The van der Waals surface area contributed by atoms with Gasteiger partial charge in [-0.05, 0) is 42.5 Å². The molecule has 0 saturated carbocycles. The topological polar surface area (TPSA) is 192 Å². The van der Waals surface area contributed by atoms with Gasteiger partial charge in [-0.2, -0.15) is 13.2 Å². The van der Waals surface area contributed by atoms with E-state index >= 15 is 0 Å². The molecule has 0 spiro atoms. The van der Waals surface area contributed by atoms with Crippen LogP contribution in [0.3, 0.4) is 0 Å². The Kier molecular flexibility index (Phi) is 30.1. The average molecular weight is 931 g/mol. The molecule has 0 aliphatic rings. The summed E-state index contributed by atoms with van der Waals surface area (Å²) in [7, 11) is 0. The van der Waals surface area contributed by atoms with E-state index in [1.807, 2.05) is 0 Å². The van der Waals surface area contributed by atoms with Crippen LogP contribution in [0, 0.1) is 10.1 Å². The maximum Gasteiger partial charge on any atom is 0.416 e. The van der Waals surface area contributed by atoms with Gasteiger partial charge in [0.1, 0.15) is 19.0 Å². The van der Waals surface area contributed by atoms with Gasteiger partial charge < -0.3 is 66.9 Å². The Morgan fingerprint density at radius 3 is 1.28 bits per heavy atom. The van der Waals surface area contributed by atoms with Crippen molar-refractivity contribution in [2.24, 2.45) is 0 Å². The van der Waals surface area contributed by atoms with Crippen molar-refractivity contribution in [1.29, 1.82) is 0 Å². The van der Waals surface area contributed by atoms with Crippen molar-refractivity contribution in [2.75, 3.05) is 164 Å². The molecule has 0 atom stereocenters. The van der Waals surface area contributed by atoms with Crippen molar-refractivity contribution < 1.29 is 84.5 Å². The third-order valence-electron chi connectivity index (χ3n) is 8.34. The van der Waals surface area contributed by atoms with E-state index in [1.165, 1.54) is 30.3 Å². The van der Waals surface area contributed by atoms with Crippen molar-refractivity contribution in [3.8, 4) is 5.75 Å². The molecular formula is C44H61F3N2O16. The third kappa shape index (κ3) is 27.5. The maximum atomic E-state index is 13.1. The number of nitro benzene ring substituents is 1. The first-order valence-corrected chi connectivity index (χ1v) is 21.2. The minimum Gasteiger partial charge on any atom is -0.491 e. The predicted octanol–water partition coefficient (Wildman–Crippen LogP) is 5.78. The molecule has 0 radical (unpaired) electrons. The molecule has 1 N–H and O–H groups in total.